The van der Waals surface area contributed by atoms with Gasteiger partial charge in [-0.2, -0.15) is 17.9 Å². The number of methoxy groups -OCH3 is 1. The van der Waals surface area contributed by atoms with E-state index < -0.39 is 30.3 Å². The van der Waals surface area contributed by atoms with Crippen molar-refractivity contribution in [3.63, 3.8) is 0 Å². The molecule has 0 saturated carbocycles. The van der Waals surface area contributed by atoms with E-state index in [1.54, 1.807) is 54.7 Å². The number of aromatic nitrogens is 5. The summed E-state index contributed by atoms with van der Waals surface area (Å²) in [5.74, 6) is -0.435. The third kappa shape index (κ3) is 7.95. The fourth-order valence-corrected chi connectivity index (χ4v) is 5.17. The molecule has 15 heteroatoms. The maximum Gasteiger partial charge on any atom is 0.411 e. The smallest absolute Gasteiger partial charge is 0.411 e. The van der Waals surface area contributed by atoms with E-state index in [4.69, 9.17) is 11.6 Å². The van der Waals surface area contributed by atoms with Gasteiger partial charge >= 0.3 is 12.3 Å². The van der Waals surface area contributed by atoms with E-state index in [0.29, 0.717) is 45.9 Å². The van der Waals surface area contributed by atoms with Gasteiger partial charge in [0, 0.05) is 39.8 Å². The van der Waals surface area contributed by atoms with Gasteiger partial charge in [-0.1, -0.05) is 30.5 Å². The Balaban J connectivity index is 1.45. The second kappa shape index (κ2) is 13.8. The molecule has 2 bridgehead atoms. The van der Waals surface area contributed by atoms with Gasteiger partial charge in [0.1, 0.15) is 12.4 Å². The molecule has 2 aromatic heterocycles. The topological polar surface area (TPSA) is 136 Å². The summed E-state index contributed by atoms with van der Waals surface area (Å²) in [6.07, 6.45) is 1.38. The quantitative estimate of drug-likeness (QED) is 0.215. The zero-order chi connectivity index (χ0) is 32.0. The average molecular weight is 641 g/mol. The normalized spacial score (nSPS) is 16.9. The Bertz CT molecular complexity index is 1700. The number of hydrogen-bond donors (Lipinski definition) is 3. The minimum Gasteiger partial charge on any atom is -0.453 e. The summed E-state index contributed by atoms with van der Waals surface area (Å²) in [6, 6.07) is 10.6. The maximum atomic E-state index is 14.1. The molecule has 1 aliphatic rings. The number of benzene rings is 2. The first-order chi connectivity index (χ1) is 21.6. The monoisotopic (exact) mass is 640 g/mol. The first kappa shape index (κ1) is 31.4. The van der Waals surface area contributed by atoms with Gasteiger partial charge in [-0.15, -0.1) is 5.10 Å². The highest BCUT2D eigenvalue weighted by Gasteiger charge is 2.39. The number of tetrazole rings is 1. The van der Waals surface area contributed by atoms with E-state index in [2.05, 4.69) is 41.2 Å². The van der Waals surface area contributed by atoms with Gasteiger partial charge in [-0.3, -0.25) is 15.1 Å². The molecule has 0 radical (unpaired) electrons. The number of ether oxygens (including phenoxy) is 1. The molecule has 234 valence electrons. The van der Waals surface area contributed by atoms with E-state index in [0.717, 1.165) is 0 Å². The highest BCUT2D eigenvalue weighted by molar-refractivity contribution is 6.30. The summed E-state index contributed by atoms with van der Waals surface area (Å²) in [7, 11) is 1.19. The van der Waals surface area contributed by atoms with Crippen LogP contribution in [0, 0.1) is 0 Å². The van der Waals surface area contributed by atoms with Crippen molar-refractivity contribution >= 4 is 41.1 Å². The Labute approximate surface area is 260 Å². The van der Waals surface area contributed by atoms with Gasteiger partial charge in [-0.25, -0.2) is 4.79 Å². The van der Waals surface area contributed by atoms with Gasteiger partial charge in [0.15, 0.2) is 0 Å². The molecular formula is C30H28ClF3N8O3. The van der Waals surface area contributed by atoms with Crippen LogP contribution < -0.4 is 16.0 Å². The van der Waals surface area contributed by atoms with Crippen LogP contribution in [-0.2, 0) is 9.53 Å². The predicted octanol–water partition coefficient (Wildman–Crippen LogP) is 6.34. The minimum atomic E-state index is -4.53. The van der Waals surface area contributed by atoms with Crippen LogP contribution in [-0.4, -0.2) is 56.5 Å². The predicted molar refractivity (Wildman–Crippen MR) is 162 cm³/mol. The Morgan fingerprint density at radius 2 is 1.93 bits per heavy atom. The number of hydrogen-bond acceptors (Lipinski definition) is 8. The fourth-order valence-electron chi connectivity index (χ4n) is 4.99. The summed E-state index contributed by atoms with van der Waals surface area (Å²) in [4.78, 5) is 29.4. The summed E-state index contributed by atoms with van der Waals surface area (Å²) < 4.78 is 48.4. The zero-order valence-corrected chi connectivity index (χ0v) is 24.6. The number of nitrogens with zero attached hydrogens (tertiary/aromatic N) is 5. The van der Waals surface area contributed by atoms with Crippen LogP contribution >= 0.6 is 11.6 Å². The lowest BCUT2D eigenvalue weighted by Gasteiger charge is -2.26. The van der Waals surface area contributed by atoms with E-state index in [1.165, 1.54) is 30.3 Å². The van der Waals surface area contributed by atoms with E-state index in [-0.39, 0.29) is 24.2 Å². The molecule has 1 aliphatic heterocycles. The van der Waals surface area contributed by atoms with Crippen molar-refractivity contribution in [1.29, 1.82) is 0 Å². The third-order valence-corrected chi connectivity index (χ3v) is 7.41. The number of anilines is 2. The second-order valence-electron chi connectivity index (χ2n) is 10.2. The average Bonchev–Trinajstić information content (AvgIpc) is 3.55. The molecule has 0 fully saturated rings. The number of halogens is 4. The Morgan fingerprint density at radius 3 is 2.69 bits per heavy atom. The lowest BCUT2D eigenvalue weighted by Crippen LogP contribution is -2.36. The number of fused-ring (bicyclic) bond motifs is 4. The van der Waals surface area contributed by atoms with Gasteiger partial charge in [0.25, 0.3) is 0 Å². The number of carbonyl (C=O) groups excluding carboxylic acids is 2. The van der Waals surface area contributed by atoms with Crippen LogP contribution in [0.15, 0.2) is 67.1 Å². The SMILES string of the molecule is COC(=O)Nc1ccc2c(c1)N[C@H](C(F)(F)F)CCCCC(NC(=O)C=Cc1cc(Cl)ccc1-n1cnnn1)c1cc-2ccn1. The molecule has 5 rings (SSSR count). The largest absolute Gasteiger partial charge is 0.453 e. The van der Waals surface area contributed by atoms with Crippen LogP contribution in [0.4, 0.5) is 29.3 Å². The summed E-state index contributed by atoms with van der Waals surface area (Å²) in [6.45, 7) is 0. The Kier molecular flexibility index (Phi) is 9.62. The lowest BCUT2D eigenvalue weighted by atomic mass is 9.96. The molecule has 0 saturated heterocycles. The molecule has 11 nitrogen and oxygen atoms in total. The highest BCUT2D eigenvalue weighted by atomic mass is 35.5. The van der Waals surface area contributed by atoms with E-state index in [9.17, 15) is 22.8 Å². The van der Waals surface area contributed by atoms with Crippen molar-refractivity contribution in [2.45, 2.75) is 43.9 Å². The summed E-state index contributed by atoms with van der Waals surface area (Å²) >= 11 is 6.18. The van der Waals surface area contributed by atoms with E-state index >= 15 is 0 Å². The summed E-state index contributed by atoms with van der Waals surface area (Å²) in [5, 5.41) is 19.7. The van der Waals surface area contributed by atoms with Gasteiger partial charge in [-0.05, 0) is 77.4 Å². The van der Waals surface area contributed by atoms with E-state index in [1.807, 2.05) is 0 Å². The molecule has 4 aromatic rings. The number of carbonyl (C=O) groups is 2. The van der Waals surface area contributed by atoms with Crippen LogP contribution in [0.3, 0.4) is 0 Å². The molecule has 2 aromatic carbocycles. The number of nitrogens with one attached hydrogen (secondary N) is 3. The fraction of sp³-hybridized carbons (Fsp3) is 0.267. The Morgan fingerprint density at radius 1 is 1.11 bits per heavy atom. The molecule has 0 aliphatic carbocycles. The van der Waals surface area contributed by atoms with Crippen LogP contribution in [0.2, 0.25) is 5.02 Å². The number of pyridine rings is 1. The van der Waals surface area contributed by atoms with Crippen LogP contribution in [0.1, 0.15) is 43.0 Å². The third-order valence-electron chi connectivity index (χ3n) is 7.18. The van der Waals surface area contributed by atoms with Crippen molar-refractivity contribution in [2.75, 3.05) is 17.7 Å². The molecule has 2 amide bonds. The number of rotatable bonds is 5. The molecule has 3 N–H and O–H groups in total. The van der Waals surface area contributed by atoms with Crippen molar-refractivity contribution < 1.29 is 27.5 Å². The van der Waals surface area contributed by atoms with Crippen molar-refractivity contribution in [1.82, 2.24) is 30.5 Å². The van der Waals surface area contributed by atoms with Crippen LogP contribution in [0.5, 0.6) is 0 Å². The standard InChI is InChI=1S/C30H28ClF3N8O3/c1-45-29(44)37-21-8-9-22-18-12-13-35-25(15-18)23(4-2-3-5-27(30(32,33)34)38-24(22)16-21)39-28(43)11-6-19-14-20(31)7-10-26(19)42-17-36-40-41-42/h6-17,23,27,38H,2-5H2,1H3,(H,37,44)(H,39,43)/t23?,27-/m0/s1. The van der Waals surface area contributed by atoms with Gasteiger partial charge < -0.3 is 15.4 Å². The minimum absolute atomic E-state index is 0.173. The van der Waals surface area contributed by atoms with Crippen molar-refractivity contribution in [2.24, 2.45) is 0 Å². The molecule has 2 atom stereocenters. The molecule has 3 heterocycles. The Hall–Kier alpha value is -4.98. The molecular weight excluding hydrogens is 613 g/mol. The van der Waals surface area contributed by atoms with Crippen molar-refractivity contribution in [3.05, 3.63) is 83.4 Å². The lowest BCUT2D eigenvalue weighted by molar-refractivity contribution is -0.144. The number of alkyl halides is 3. The first-order valence-corrected chi connectivity index (χ1v) is 14.3. The maximum absolute atomic E-state index is 14.1. The van der Waals surface area contributed by atoms with Gasteiger partial charge in [0.05, 0.1) is 24.5 Å². The molecule has 45 heavy (non-hydrogen) atoms. The van der Waals surface area contributed by atoms with Crippen molar-refractivity contribution in [3.8, 4) is 16.8 Å². The number of amides is 2. The first-order valence-electron chi connectivity index (χ1n) is 13.9. The van der Waals surface area contributed by atoms with Gasteiger partial charge in [0.2, 0.25) is 5.91 Å². The summed E-state index contributed by atoms with van der Waals surface area (Å²) in [5.41, 5.74) is 3.21. The molecule has 1 unspecified atom stereocenters. The zero-order valence-electron chi connectivity index (χ0n) is 23.9. The molecule has 0 spiro atoms. The second-order valence-corrected chi connectivity index (χ2v) is 10.7. The highest BCUT2D eigenvalue weighted by Crippen LogP contribution is 2.36. The van der Waals surface area contributed by atoms with Crippen LogP contribution in [0.25, 0.3) is 22.9 Å².